The number of aryl methyl sites for hydroxylation is 2. The lowest BCUT2D eigenvalue weighted by Gasteiger charge is -2.38. The average molecular weight is 388 g/mol. The van der Waals surface area contributed by atoms with Gasteiger partial charge in [0.1, 0.15) is 0 Å². The minimum atomic E-state index is 0.811. The largest absolute Gasteiger partial charge is 0.367 e. The Morgan fingerprint density at radius 2 is 1.58 bits per heavy atom. The molecule has 1 aliphatic heterocycles. The van der Waals surface area contributed by atoms with E-state index in [9.17, 15) is 0 Å². The summed E-state index contributed by atoms with van der Waals surface area (Å²) in [5.41, 5.74) is 4.94. The number of hydrogen-bond donors (Lipinski definition) is 1. The molecule has 0 aromatic heterocycles. The fourth-order valence-electron chi connectivity index (χ4n) is 3.45. The standard InChI is InChI=1S/C21H26ClN3S/c1-3-16-8-7-9-17(4-2)20(16)23-21(26)25-14-12-24(13-15-25)19-11-6-5-10-18(19)22/h5-11H,3-4,12-15H2,1-2H3,(H,23,26). The Morgan fingerprint density at radius 1 is 0.962 bits per heavy atom. The molecule has 0 amide bonds. The van der Waals surface area contributed by atoms with Crippen molar-refractivity contribution < 1.29 is 0 Å². The maximum Gasteiger partial charge on any atom is 0.173 e. The second-order valence-electron chi connectivity index (χ2n) is 6.51. The molecule has 1 saturated heterocycles. The van der Waals surface area contributed by atoms with E-state index in [-0.39, 0.29) is 0 Å². The van der Waals surface area contributed by atoms with Gasteiger partial charge in [0.2, 0.25) is 0 Å². The van der Waals surface area contributed by atoms with Gasteiger partial charge in [-0.1, -0.05) is 55.8 Å². The number of rotatable bonds is 4. The topological polar surface area (TPSA) is 18.5 Å². The zero-order valence-electron chi connectivity index (χ0n) is 15.5. The van der Waals surface area contributed by atoms with E-state index in [0.29, 0.717) is 0 Å². The molecule has 26 heavy (non-hydrogen) atoms. The van der Waals surface area contributed by atoms with E-state index in [4.69, 9.17) is 23.8 Å². The highest BCUT2D eigenvalue weighted by Crippen LogP contribution is 2.27. The Balaban J connectivity index is 1.66. The van der Waals surface area contributed by atoms with E-state index in [1.54, 1.807) is 0 Å². The predicted molar refractivity (Wildman–Crippen MR) is 117 cm³/mol. The molecule has 0 unspecified atom stereocenters. The molecule has 3 rings (SSSR count). The zero-order chi connectivity index (χ0) is 18.5. The van der Waals surface area contributed by atoms with Gasteiger partial charge in [0.15, 0.2) is 5.11 Å². The van der Waals surface area contributed by atoms with Gasteiger partial charge in [-0.05, 0) is 48.3 Å². The third kappa shape index (κ3) is 4.13. The van der Waals surface area contributed by atoms with Gasteiger partial charge < -0.3 is 15.1 Å². The van der Waals surface area contributed by atoms with Crippen LogP contribution in [-0.2, 0) is 12.8 Å². The van der Waals surface area contributed by atoms with Gasteiger partial charge >= 0.3 is 0 Å². The first-order valence-corrected chi connectivity index (χ1v) is 10.1. The van der Waals surface area contributed by atoms with Crippen molar-refractivity contribution in [2.24, 2.45) is 0 Å². The number of anilines is 2. The molecule has 3 nitrogen and oxygen atoms in total. The Bertz CT molecular complexity index is 747. The summed E-state index contributed by atoms with van der Waals surface area (Å²) in [6.07, 6.45) is 2.00. The molecule has 2 aromatic carbocycles. The third-order valence-electron chi connectivity index (χ3n) is 4.99. The highest BCUT2D eigenvalue weighted by molar-refractivity contribution is 7.80. The van der Waals surface area contributed by atoms with E-state index in [1.807, 2.05) is 18.2 Å². The molecule has 1 heterocycles. The summed E-state index contributed by atoms with van der Waals surface area (Å²) in [5, 5.41) is 5.16. The van der Waals surface area contributed by atoms with Gasteiger partial charge in [-0.15, -0.1) is 0 Å². The first-order valence-electron chi connectivity index (χ1n) is 9.30. The van der Waals surface area contributed by atoms with Crippen LogP contribution < -0.4 is 10.2 Å². The second-order valence-corrected chi connectivity index (χ2v) is 7.31. The van der Waals surface area contributed by atoms with Crippen molar-refractivity contribution in [2.75, 3.05) is 36.4 Å². The van der Waals surface area contributed by atoms with Gasteiger partial charge in [0, 0.05) is 31.9 Å². The molecule has 0 spiro atoms. The number of benzene rings is 2. The van der Waals surface area contributed by atoms with E-state index in [0.717, 1.165) is 54.8 Å². The quantitative estimate of drug-likeness (QED) is 0.745. The molecular weight excluding hydrogens is 362 g/mol. The molecular formula is C21H26ClN3S. The molecule has 1 fully saturated rings. The second kappa shape index (κ2) is 8.74. The molecule has 2 aromatic rings. The Labute approximate surface area is 166 Å². The number of hydrogen-bond acceptors (Lipinski definition) is 2. The van der Waals surface area contributed by atoms with Crippen LogP contribution in [0.3, 0.4) is 0 Å². The summed E-state index contributed by atoms with van der Waals surface area (Å²) < 4.78 is 0. The van der Waals surface area contributed by atoms with E-state index < -0.39 is 0 Å². The Hall–Kier alpha value is -1.78. The number of nitrogens with zero attached hydrogens (tertiary/aromatic N) is 2. The van der Waals surface area contributed by atoms with Crippen molar-refractivity contribution >= 4 is 40.3 Å². The normalized spacial score (nSPS) is 14.4. The van der Waals surface area contributed by atoms with E-state index in [2.05, 4.69) is 53.2 Å². The molecule has 0 bridgehead atoms. The number of thiocarbonyl (C=S) groups is 1. The summed E-state index contributed by atoms with van der Waals surface area (Å²) in [6, 6.07) is 14.5. The average Bonchev–Trinajstić information content (AvgIpc) is 2.68. The van der Waals surface area contributed by atoms with Gasteiger partial charge in [0.25, 0.3) is 0 Å². The van der Waals surface area contributed by atoms with Crippen LogP contribution in [0.1, 0.15) is 25.0 Å². The number of piperazine rings is 1. The lowest BCUT2D eigenvalue weighted by atomic mass is 10.0. The van der Waals surface area contributed by atoms with Crippen LogP contribution >= 0.6 is 23.8 Å². The highest BCUT2D eigenvalue weighted by atomic mass is 35.5. The molecule has 5 heteroatoms. The third-order valence-corrected chi connectivity index (χ3v) is 5.67. The van der Waals surface area contributed by atoms with Gasteiger partial charge in [-0.25, -0.2) is 0 Å². The fourth-order valence-corrected chi connectivity index (χ4v) is 3.99. The van der Waals surface area contributed by atoms with E-state index in [1.165, 1.54) is 16.8 Å². The first-order chi connectivity index (χ1) is 12.6. The number of nitrogens with one attached hydrogen (secondary N) is 1. The van der Waals surface area contributed by atoms with Crippen LogP contribution in [0, 0.1) is 0 Å². The number of halogens is 1. The van der Waals surface area contributed by atoms with Gasteiger partial charge in [0.05, 0.1) is 10.7 Å². The van der Waals surface area contributed by atoms with Crippen molar-refractivity contribution in [3.8, 4) is 0 Å². The molecule has 138 valence electrons. The van der Waals surface area contributed by atoms with Crippen LogP contribution in [0.5, 0.6) is 0 Å². The lowest BCUT2D eigenvalue weighted by molar-refractivity contribution is 0.391. The van der Waals surface area contributed by atoms with Crippen LogP contribution in [0.4, 0.5) is 11.4 Å². The molecule has 0 aliphatic carbocycles. The van der Waals surface area contributed by atoms with Crippen LogP contribution in [0.15, 0.2) is 42.5 Å². The monoisotopic (exact) mass is 387 g/mol. The summed E-state index contributed by atoms with van der Waals surface area (Å²) in [7, 11) is 0. The first kappa shape index (κ1) is 19.0. The minimum Gasteiger partial charge on any atom is -0.367 e. The summed E-state index contributed by atoms with van der Waals surface area (Å²) >= 11 is 12.1. The van der Waals surface area contributed by atoms with Crippen molar-refractivity contribution in [1.29, 1.82) is 0 Å². The lowest BCUT2D eigenvalue weighted by Crippen LogP contribution is -2.50. The maximum atomic E-state index is 6.34. The van der Waals surface area contributed by atoms with Crippen LogP contribution in [0.2, 0.25) is 5.02 Å². The minimum absolute atomic E-state index is 0.811. The SMILES string of the molecule is CCc1cccc(CC)c1NC(=S)N1CCN(c2ccccc2Cl)CC1. The van der Waals surface area contributed by atoms with E-state index >= 15 is 0 Å². The summed E-state index contributed by atoms with van der Waals surface area (Å²) in [6.45, 7) is 8.00. The van der Waals surface area contributed by atoms with Gasteiger partial charge in [-0.3, -0.25) is 0 Å². The van der Waals surface area contributed by atoms with Crippen molar-refractivity contribution in [2.45, 2.75) is 26.7 Å². The summed E-state index contributed by atoms with van der Waals surface area (Å²) in [5.74, 6) is 0. The molecule has 0 atom stereocenters. The molecule has 1 N–H and O–H groups in total. The smallest absolute Gasteiger partial charge is 0.173 e. The van der Waals surface area contributed by atoms with Crippen molar-refractivity contribution in [3.05, 3.63) is 58.6 Å². The fraction of sp³-hybridized carbons (Fsp3) is 0.381. The van der Waals surface area contributed by atoms with Gasteiger partial charge in [-0.2, -0.15) is 0 Å². The zero-order valence-corrected chi connectivity index (χ0v) is 17.0. The number of para-hydroxylation sites is 2. The highest BCUT2D eigenvalue weighted by Gasteiger charge is 2.21. The molecule has 0 radical (unpaired) electrons. The van der Waals surface area contributed by atoms with Crippen molar-refractivity contribution in [3.63, 3.8) is 0 Å². The Morgan fingerprint density at radius 3 is 2.15 bits per heavy atom. The van der Waals surface area contributed by atoms with Crippen LogP contribution in [-0.4, -0.2) is 36.2 Å². The van der Waals surface area contributed by atoms with Crippen LogP contribution in [0.25, 0.3) is 0 Å². The molecule has 1 aliphatic rings. The molecule has 0 saturated carbocycles. The summed E-state index contributed by atoms with van der Waals surface area (Å²) in [4.78, 5) is 4.59. The van der Waals surface area contributed by atoms with Crippen molar-refractivity contribution in [1.82, 2.24) is 4.90 Å². The predicted octanol–water partition coefficient (Wildman–Crippen LogP) is 4.98. The maximum absolute atomic E-state index is 6.34. The Kier molecular flexibility index (Phi) is 6.38.